The molecule has 9 nitrogen and oxygen atoms in total. The van der Waals surface area contributed by atoms with Crippen LogP contribution in [-0.4, -0.2) is 92.1 Å². The SMILES string of the molecule is COC(=O)C(O)C(O)C(O)C(O)C(O)C(O)CO. The van der Waals surface area contributed by atoms with Crippen LogP contribution in [0.2, 0.25) is 0 Å². The van der Waals surface area contributed by atoms with Crippen LogP contribution < -0.4 is 0 Å². The van der Waals surface area contributed by atoms with Gasteiger partial charge in [0, 0.05) is 0 Å². The predicted molar refractivity (Wildman–Crippen MR) is 55.1 cm³/mol. The van der Waals surface area contributed by atoms with Crippen molar-refractivity contribution in [1.82, 2.24) is 0 Å². The van der Waals surface area contributed by atoms with Gasteiger partial charge in [0.15, 0.2) is 6.10 Å². The molecule has 108 valence electrons. The van der Waals surface area contributed by atoms with E-state index in [1.165, 1.54) is 0 Å². The Morgan fingerprint density at radius 1 is 0.944 bits per heavy atom. The van der Waals surface area contributed by atoms with Gasteiger partial charge in [0.25, 0.3) is 0 Å². The fourth-order valence-electron chi connectivity index (χ4n) is 1.19. The van der Waals surface area contributed by atoms with E-state index in [0.717, 1.165) is 7.11 Å². The molecule has 0 aromatic carbocycles. The number of rotatable bonds is 7. The van der Waals surface area contributed by atoms with Crippen LogP contribution >= 0.6 is 0 Å². The molecule has 0 aromatic heterocycles. The molecule has 0 rings (SSSR count). The zero-order valence-corrected chi connectivity index (χ0v) is 9.62. The first-order valence-electron chi connectivity index (χ1n) is 5.05. The van der Waals surface area contributed by atoms with E-state index in [0.29, 0.717) is 0 Å². The van der Waals surface area contributed by atoms with Gasteiger partial charge in [0.1, 0.15) is 30.5 Å². The van der Waals surface area contributed by atoms with Crippen LogP contribution in [0.5, 0.6) is 0 Å². The van der Waals surface area contributed by atoms with Crippen LogP contribution in [0.15, 0.2) is 0 Å². The van der Waals surface area contributed by atoms with Crippen LogP contribution in [0.4, 0.5) is 0 Å². The quantitative estimate of drug-likeness (QED) is 0.225. The molecule has 0 saturated heterocycles. The minimum atomic E-state index is -2.13. The van der Waals surface area contributed by atoms with Crippen molar-refractivity contribution in [2.75, 3.05) is 13.7 Å². The van der Waals surface area contributed by atoms with Gasteiger partial charge in [0.05, 0.1) is 13.7 Å². The lowest BCUT2D eigenvalue weighted by atomic mass is 9.96. The van der Waals surface area contributed by atoms with Gasteiger partial charge in [-0.05, 0) is 0 Å². The molecule has 9 heteroatoms. The Morgan fingerprint density at radius 3 is 1.78 bits per heavy atom. The lowest BCUT2D eigenvalue weighted by Crippen LogP contribution is -2.54. The maximum atomic E-state index is 10.9. The summed E-state index contributed by atoms with van der Waals surface area (Å²) in [6.07, 6.45) is -12.2. The Morgan fingerprint density at radius 2 is 1.39 bits per heavy atom. The standard InChI is InChI=1S/C9H18O9/c1-18-9(17)8(16)7(15)6(14)5(13)4(12)3(11)2-10/h3-8,10-16H,2H2,1H3. The molecule has 18 heavy (non-hydrogen) atoms. The maximum absolute atomic E-state index is 10.9. The number of aliphatic hydroxyl groups is 7. The number of carbonyl (C=O) groups excluding carboxylic acids is 1. The van der Waals surface area contributed by atoms with Crippen molar-refractivity contribution in [2.24, 2.45) is 0 Å². The molecule has 7 N–H and O–H groups in total. The van der Waals surface area contributed by atoms with Gasteiger partial charge >= 0.3 is 5.97 Å². The van der Waals surface area contributed by atoms with Crippen molar-refractivity contribution in [3.8, 4) is 0 Å². The summed E-state index contributed by atoms with van der Waals surface area (Å²) in [6, 6.07) is 0. The normalized spacial score (nSPS) is 21.6. The van der Waals surface area contributed by atoms with E-state index in [4.69, 9.17) is 10.2 Å². The molecule has 0 heterocycles. The van der Waals surface area contributed by atoms with Gasteiger partial charge in [-0.2, -0.15) is 0 Å². The van der Waals surface area contributed by atoms with Crippen molar-refractivity contribution in [3.05, 3.63) is 0 Å². The summed E-state index contributed by atoms with van der Waals surface area (Å²) in [5, 5.41) is 64.1. The van der Waals surface area contributed by atoms with Crippen LogP contribution in [0.1, 0.15) is 0 Å². The van der Waals surface area contributed by atoms with E-state index in [1.54, 1.807) is 0 Å². The number of hydrogen-bond donors (Lipinski definition) is 7. The first kappa shape index (κ1) is 17.2. The number of aliphatic hydroxyl groups excluding tert-OH is 7. The van der Waals surface area contributed by atoms with Crippen LogP contribution in [0.3, 0.4) is 0 Å². The molecular weight excluding hydrogens is 252 g/mol. The van der Waals surface area contributed by atoms with E-state index in [9.17, 15) is 30.3 Å². The fraction of sp³-hybridized carbons (Fsp3) is 0.889. The number of ether oxygens (including phenoxy) is 1. The van der Waals surface area contributed by atoms with Gasteiger partial charge < -0.3 is 40.5 Å². The molecule has 0 aliphatic rings. The first-order valence-corrected chi connectivity index (χ1v) is 5.05. The maximum Gasteiger partial charge on any atom is 0.337 e. The van der Waals surface area contributed by atoms with Crippen molar-refractivity contribution < 1.29 is 45.3 Å². The first-order chi connectivity index (χ1) is 8.27. The highest BCUT2D eigenvalue weighted by Gasteiger charge is 2.39. The molecule has 6 unspecified atom stereocenters. The predicted octanol–water partition coefficient (Wildman–Crippen LogP) is -4.68. The molecule has 0 bridgehead atoms. The molecule has 0 saturated carbocycles. The van der Waals surface area contributed by atoms with Crippen LogP contribution in [0.25, 0.3) is 0 Å². The van der Waals surface area contributed by atoms with Crippen LogP contribution in [0, 0.1) is 0 Å². The average Bonchev–Trinajstić information content (AvgIpc) is 2.40. The summed E-state index contributed by atoms with van der Waals surface area (Å²) < 4.78 is 4.10. The Labute approximate surface area is 102 Å². The van der Waals surface area contributed by atoms with Crippen molar-refractivity contribution >= 4 is 5.97 Å². The Kier molecular flexibility index (Phi) is 7.25. The topological polar surface area (TPSA) is 168 Å². The zero-order valence-electron chi connectivity index (χ0n) is 9.62. The number of carbonyl (C=O) groups is 1. The smallest absolute Gasteiger partial charge is 0.337 e. The second kappa shape index (κ2) is 7.59. The van der Waals surface area contributed by atoms with Gasteiger partial charge in [0.2, 0.25) is 0 Å². The lowest BCUT2D eigenvalue weighted by molar-refractivity contribution is -0.177. The Balaban J connectivity index is 4.62. The highest BCUT2D eigenvalue weighted by atomic mass is 16.5. The average molecular weight is 270 g/mol. The molecule has 6 atom stereocenters. The molecule has 0 radical (unpaired) electrons. The monoisotopic (exact) mass is 270 g/mol. The van der Waals surface area contributed by atoms with Crippen molar-refractivity contribution in [3.63, 3.8) is 0 Å². The summed E-state index contributed by atoms with van der Waals surface area (Å²) in [7, 11) is 0.936. The molecule has 0 aliphatic heterocycles. The Bertz CT molecular complexity index is 258. The Hall–Kier alpha value is -0.810. The zero-order chi connectivity index (χ0) is 14.5. The number of methoxy groups -OCH3 is 1. The molecule has 0 spiro atoms. The van der Waals surface area contributed by atoms with Crippen molar-refractivity contribution in [1.29, 1.82) is 0 Å². The lowest BCUT2D eigenvalue weighted by Gasteiger charge is -2.29. The minimum absolute atomic E-state index is 0.888. The highest BCUT2D eigenvalue weighted by Crippen LogP contribution is 2.11. The summed E-state index contributed by atoms with van der Waals surface area (Å²) in [5.41, 5.74) is 0. The summed E-state index contributed by atoms with van der Waals surface area (Å²) in [5.74, 6) is -1.24. The molecule has 0 aromatic rings. The van der Waals surface area contributed by atoms with E-state index < -0.39 is 49.2 Å². The number of esters is 1. The van der Waals surface area contributed by atoms with Gasteiger partial charge in [-0.3, -0.25) is 0 Å². The van der Waals surface area contributed by atoms with E-state index >= 15 is 0 Å². The summed E-state index contributed by atoms with van der Waals surface area (Å²) in [6.45, 7) is -0.888. The highest BCUT2D eigenvalue weighted by molar-refractivity contribution is 5.75. The second-order valence-corrected chi connectivity index (χ2v) is 3.68. The van der Waals surface area contributed by atoms with Gasteiger partial charge in [-0.25, -0.2) is 4.79 Å². The number of hydrogen-bond acceptors (Lipinski definition) is 9. The van der Waals surface area contributed by atoms with E-state index in [1.807, 2.05) is 0 Å². The van der Waals surface area contributed by atoms with Crippen LogP contribution in [-0.2, 0) is 9.53 Å². The second-order valence-electron chi connectivity index (χ2n) is 3.68. The third-order valence-electron chi connectivity index (χ3n) is 2.40. The summed E-state index contributed by atoms with van der Waals surface area (Å²) in [4.78, 5) is 10.9. The van der Waals surface area contributed by atoms with Gasteiger partial charge in [-0.1, -0.05) is 0 Å². The molecule has 0 fully saturated rings. The van der Waals surface area contributed by atoms with Crippen molar-refractivity contribution in [2.45, 2.75) is 36.6 Å². The molecular formula is C9H18O9. The third-order valence-corrected chi connectivity index (χ3v) is 2.40. The third kappa shape index (κ3) is 4.14. The van der Waals surface area contributed by atoms with E-state index in [2.05, 4.69) is 4.74 Å². The van der Waals surface area contributed by atoms with Gasteiger partial charge in [-0.15, -0.1) is 0 Å². The molecule has 0 amide bonds. The largest absolute Gasteiger partial charge is 0.467 e. The van der Waals surface area contributed by atoms with E-state index in [-0.39, 0.29) is 0 Å². The minimum Gasteiger partial charge on any atom is -0.467 e. The summed E-state index contributed by atoms with van der Waals surface area (Å²) >= 11 is 0. The fourth-order valence-corrected chi connectivity index (χ4v) is 1.19. The molecule has 0 aliphatic carbocycles.